The van der Waals surface area contributed by atoms with Gasteiger partial charge in [-0.2, -0.15) is 13.2 Å². The Labute approximate surface area is 95.3 Å². The van der Waals surface area contributed by atoms with Crippen molar-refractivity contribution in [3.8, 4) is 5.75 Å². The highest BCUT2D eigenvalue weighted by molar-refractivity contribution is 5.47. The zero-order valence-corrected chi connectivity index (χ0v) is 8.94. The van der Waals surface area contributed by atoms with Crippen molar-refractivity contribution in [3.05, 3.63) is 18.3 Å². The van der Waals surface area contributed by atoms with Crippen LogP contribution in [0.2, 0.25) is 0 Å². The molecule has 1 N–H and O–H groups in total. The molecule has 0 saturated carbocycles. The van der Waals surface area contributed by atoms with Gasteiger partial charge in [0.25, 0.3) is 0 Å². The normalized spacial score (nSPS) is 11.4. The highest BCUT2D eigenvalue weighted by Crippen LogP contribution is 2.26. The van der Waals surface area contributed by atoms with Crippen molar-refractivity contribution in [2.75, 3.05) is 18.9 Å². The van der Waals surface area contributed by atoms with Crippen LogP contribution in [-0.4, -0.2) is 30.1 Å². The molecule has 0 bridgehead atoms. The highest BCUT2D eigenvalue weighted by atomic mass is 19.4. The van der Waals surface area contributed by atoms with E-state index in [1.807, 2.05) is 0 Å². The van der Waals surface area contributed by atoms with E-state index in [9.17, 15) is 18.4 Å². The van der Waals surface area contributed by atoms with Gasteiger partial charge in [0.15, 0.2) is 5.75 Å². The first-order valence-corrected chi connectivity index (χ1v) is 4.61. The van der Waals surface area contributed by atoms with Crippen molar-refractivity contribution in [1.29, 1.82) is 0 Å². The van der Waals surface area contributed by atoms with Crippen molar-refractivity contribution in [2.45, 2.75) is 12.6 Å². The zero-order valence-electron chi connectivity index (χ0n) is 8.94. The third-order valence-corrected chi connectivity index (χ3v) is 1.75. The molecule has 0 saturated heterocycles. The number of pyridine rings is 1. The number of halogens is 3. The molecular weight excluding hydrogens is 241 g/mol. The predicted octanol–water partition coefficient (Wildman–Crippen LogP) is 2.17. The van der Waals surface area contributed by atoms with Gasteiger partial charge in [0, 0.05) is 6.20 Å². The number of alkyl halides is 3. The smallest absolute Gasteiger partial charge is 0.392 e. The lowest BCUT2D eigenvalue weighted by molar-refractivity contribution is -0.139. The number of aromatic nitrogens is 1. The average Bonchev–Trinajstić information content (AvgIpc) is 2.27. The van der Waals surface area contributed by atoms with E-state index in [1.54, 1.807) is 0 Å². The van der Waals surface area contributed by atoms with E-state index >= 15 is 0 Å². The Kier molecular flexibility index (Phi) is 4.53. The summed E-state index contributed by atoms with van der Waals surface area (Å²) < 4.78 is 40.6. The lowest BCUT2D eigenvalue weighted by Crippen LogP contribution is -2.19. The quantitative estimate of drug-likeness (QED) is 0.814. The molecule has 1 aromatic rings. The molecule has 0 fully saturated rings. The Morgan fingerprint density at radius 1 is 1.47 bits per heavy atom. The molecule has 1 heterocycles. The molecule has 0 amide bonds. The van der Waals surface area contributed by atoms with Crippen LogP contribution in [0.4, 0.5) is 19.0 Å². The molecule has 0 radical (unpaired) electrons. The van der Waals surface area contributed by atoms with Gasteiger partial charge in [-0.1, -0.05) is 0 Å². The van der Waals surface area contributed by atoms with Gasteiger partial charge in [0.1, 0.15) is 0 Å². The van der Waals surface area contributed by atoms with Gasteiger partial charge in [-0.05, 0) is 12.1 Å². The summed E-state index contributed by atoms with van der Waals surface area (Å²) in [6, 6.07) is 2.84. The number of anilines is 1. The van der Waals surface area contributed by atoms with Gasteiger partial charge >= 0.3 is 6.18 Å². The lowest BCUT2D eigenvalue weighted by Gasteiger charge is -2.16. The number of ether oxygens (including phenoxy) is 1. The van der Waals surface area contributed by atoms with Crippen molar-refractivity contribution in [2.24, 2.45) is 0 Å². The summed E-state index contributed by atoms with van der Waals surface area (Å²) in [6.07, 6.45) is -4.03. The van der Waals surface area contributed by atoms with Crippen molar-refractivity contribution in [3.63, 3.8) is 0 Å². The van der Waals surface area contributed by atoms with E-state index < -0.39 is 19.2 Å². The molecule has 0 aliphatic rings. The first-order chi connectivity index (χ1) is 7.94. The highest BCUT2D eigenvalue weighted by Gasteiger charge is 2.27. The van der Waals surface area contributed by atoms with Crippen LogP contribution in [0.5, 0.6) is 5.75 Å². The van der Waals surface area contributed by atoms with Crippen LogP contribution in [0.3, 0.4) is 0 Å². The Balaban J connectivity index is 2.64. The molecule has 0 aliphatic heterocycles. The lowest BCUT2D eigenvalue weighted by atomic mass is 10.4. The first-order valence-electron chi connectivity index (χ1n) is 4.61. The van der Waals surface area contributed by atoms with E-state index in [2.05, 4.69) is 9.82 Å². The Morgan fingerprint density at radius 3 is 2.76 bits per heavy atom. The van der Waals surface area contributed by atoms with Crippen LogP contribution in [0, 0.1) is 0 Å². The maximum atomic E-state index is 11.9. The van der Waals surface area contributed by atoms with Crippen LogP contribution in [0.1, 0.15) is 6.42 Å². The maximum absolute atomic E-state index is 11.9. The number of nitrogens with zero attached hydrogens (tertiary/aromatic N) is 2. The molecule has 1 aromatic heterocycles. The summed E-state index contributed by atoms with van der Waals surface area (Å²) in [5, 5.41) is 9.52. The number of hydrogen-bond acceptors (Lipinski definition) is 5. The second kappa shape index (κ2) is 5.69. The van der Waals surface area contributed by atoms with E-state index in [-0.39, 0.29) is 11.6 Å². The minimum absolute atomic E-state index is 0.00102. The van der Waals surface area contributed by atoms with Crippen LogP contribution in [0.25, 0.3) is 0 Å². The summed E-state index contributed by atoms with van der Waals surface area (Å²) >= 11 is 0. The molecule has 5 nitrogen and oxygen atoms in total. The fourth-order valence-corrected chi connectivity index (χ4v) is 1.00. The van der Waals surface area contributed by atoms with Crippen LogP contribution in [-0.2, 0) is 4.84 Å². The molecule has 0 unspecified atom stereocenters. The van der Waals surface area contributed by atoms with E-state index in [0.29, 0.717) is 5.23 Å². The van der Waals surface area contributed by atoms with Gasteiger partial charge in [-0.3, -0.25) is 10.0 Å². The van der Waals surface area contributed by atoms with Crippen LogP contribution < -0.4 is 9.96 Å². The van der Waals surface area contributed by atoms with Crippen molar-refractivity contribution < 1.29 is 28.0 Å². The largest absolute Gasteiger partial charge is 0.489 e. The molecule has 96 valence electrons. The summed E-state index contributed by atoms with van der Waals surface area (Å²) in [7, 11) is 1.17. The molecule has 0 aromatic carbocycles. The minimum Gasteiger partial charge on any atom is -0.489 e. The fourth-order valence-electron chi connectivity index (χ4n) is 1.00. The molecule has 0 aliphatic carbocycles. The van der Waals surface area contributed by atoms with Crippen LogP contribution >= 0.6 is 0 Å². The standard InChI is InChI=1S/C9H11F3N2O3/c1-16-14(15)8-7(3-2-5-13-8)17-6-4-9(10,11)12/h2-3,5,15H,4,6H2,1H3. The molecule has 17 heavy (non-hydrogen) atoms. The third-order valence-electron chi connectivity index (χ3n) is 1.75. The third kappa shape index (κ3) is 4.45. The summed E-state index contributed by atoms with van der Waals surface area (Å²) in [5.41, 5.74) is 0. The molecule has 0 atom stereocenters. The molecular formula is C9H11F3N2O3. The second-order valence-electron chi connectivity index (χ2n) is 2.99. The molecule has 0 spiro atoms. The predicted molar refractivity (Wildman–Crippen MR) is 51.7 cm³/mol. The van der Waals surface area contributed by atoms with Crippen molar-refractivity contribution >= 4 is 5.82 Å². The van der Waals surface area contributed by atoms with Gasteiger partial charge < -0.3 is 4.74 Å². The molecule has 8 heteroatoms. The van der Waals surface area contributed by atoms with E-state index in [4.69, 9.17) is 4.74 Å². The number of rotatable bonds is 5. The monoisotopic (exact) mass is 252 g/mol. The number of hydrogen-bond donors (Lipinski definition) is 1. The van der Waals surface area contributed by atoms with Gasteiger partial charge in [-0.25, -0.2) is 4.98 Å². The van der Waals surface area contributed by atoms with Crippen molar-refractivity contribution in [1.82, 2.24) is 4.98 Å². The van der Waals surface area contributed by atoms with E-state index in [0.717, 1.165) is 0 Å². The SMILES string of the molecule is CON(O)c1ncccc1OCCC(F)(F)F. The summed E-state index contributed by atoms with van der Waals surface area (Å²) in [5.74, 6) is -0.113. The topological polar surface area (TPSA) is 54.8 Å². The Hall–Kier alpha value is -1.54. The Morgan fingerprint density at radius 2 is 2.18 bits per heavy atom. The second-order valence-corrected chi connectivity index (χ2v) is 2.99. The summed E-state index contributed by atoms with van der Waals surface area (Å²) in [4.78, 5) is 8.16. The van der Waals surface area contributed by atoms with Gasteiger partial charge in [0.2, 0.25) is 5.82 Å². The zero-order chi connectivity index (χ0) is 12.9. The van der Waals surface area contributed by atoms with Gasteiger partial charge in [0.05, 0.1) is 20.1 Å². The Bertz CT molecular complexity index is 360. The molecule has 1 rings (SSSR count). The fraction of sp³-hybridized carbons (Fsp3) is 0.444. The maximum Gasteiger partial charge on any atom is 0.392 e. The van der Waals surface area contributed by atoms with Crippen LogP contribution in [0.15, 0.2) is 18.3 Å². The minimum atomic E-state index is -4.29. The van der Waals surface area contributed by atoms with E-state index in [1.165, 1.54) is 25.4 Å². The summed E-state index contributed by atoms with van der Waals surface area (Å²) in [6.45, 7) is -0.556. The average molecular weight is 252 g/mol. The van der Waals surface area contributed by atoms with Gasteiger partial charge in [-0.15, -0.1) is 5.23 Å². The first kappa shape index (κ1) is 13.5.